The zero-order chi connectivity index (χ0) is 21.0. The van der Waals surface area contributed by atoms with Crippen molar-refractivity contribution in [2.75, 3.05) is 37.8 Å². The van der Waals surface area contributed by atoms with Gasteiger partial charge in [0, 0.05) is 17.5 Å². The summed E-state index contributed by atoms with van der Waals surface area (Å²) < 4.78 is 41.0. The van der Waals surface area contributed by atoms with Crippen LogP contribution in [0.5, 0.6) is 0 Å². The smallest absolute Gasteiger partial charge is 0.239 e. The number of aromatic nitrogens is 1. The van der Waals surface area contributed by atoms with Crippen LogP contribution in [0.15, 0.2) is 41.3 Å². The van der Waals surface area contributed by atoms with Gasteiger partial charge in [0.1, 0.15) is 17.2 Å². The number of hydrogen-bond acceptors (Lipinski definition) is 5. The van der Waals surface area contributed by atoms with Crippen LogP contribution in [0, 0.1) is 17.5 Å². The van der Waals surface area contributed by atoms with Crippen molar-refractivity contribution in [1.29, 1.82) is 0 Å². The molecule has 1 heterocycles. The third kappa shape index (κ3) is 5.71. The molecule has 0 fully saturated rings. The van der Waals surface area contributed by atoms with Crippen LogP contribution in [-0.2, 0) is 4.79 Å². The van der Waals surface area contributed by atoms with Gasteiger partial charge in [-0.3, -0.25) is 9.69 Å². The van der Waals surface area contributed by atoms with Gasteiger partial charge >= 0.3 is 0 Å². The summed E-state index contributed by atoms with van der Waals surface area (Å²) in [5.74, 6) is -1.83. The highest BCUT2D eigenvalue weighted by molar-refractivity contribution is 8.00. The lowest BCUT2D eigenvalue weighted by Crippen LogP contribution is -2.34. The molecule has 0 bridgehead atoms. The average Bonchev–Trinajstić information content (AvgIpc) is 3.08. The van der Waals surface area contributed by atoms with Crippen molar-refractivity contribution < 1.29 is 18.0 Å². The van der Waals surface area contributed by atoms with E-state index < -0.39 is 11.6 Å². The van der Waals surface area contributed by atoms with Gasteiger partial charge in [-0.25, -0.2) is 18.2 Å². The molecule has 0 atom stereocenters. The van der Waals surface area contributed by atoms with Gasteiger partial charge in [-0.15, -0.1) is 11.8 Å². The van der Waals surface area contributed by atoms with Gasteiger partial charge in [-0.2, -0.15) is 0 Å². The van der Waals surface area contributed by atoms with Crippen LogP contribution in [0.1, 0.15) is 6.42 Å². The number of benzene rings is 2. The monoisotopic (exact) mass is 439 g/mol. The molecule has 154 valence electrons. The molecule has 29 heavy (non-hydrogen) atoms. The summed E-state index contributed by atoms with van der Waals surface area (Å²) >= 11 is 2.37. The highest BCUT2D eigenvalue weighted by atomic mass is 32.2. The minimum absolute atomic E-state index is 0.0583. The van der Waals surface area contributed by atoms with Crippen molar-refractivity contribution in [1.82, 2.24) is 9.88 Å². The normalized spacial score (nSPS) is 11.4. The molecule has 9 heteroatoms. The molecule has 0 saturated heterocycles. The number of thioether (sulfide) groups is 1. The number of nitrogens with zero attached hydrogens (tertiary/aromatic N) is 3. The molecule has 2 aromatic carbocycles. The fraction of sp³-hybridized carbons (Fsp3) is 0.300. The molecular formula is C20H20F3N3OS2. The fourth-order valence-corrected chi connectivity index (χ4v) is 4.51. The Hall–Kier alpha value is -2.10. The Labute approximate surface area is 175 Å². The predicted octanol–water partition coefficient (Wildman–Crippen LogP) is 4.79. The number of hydrogen-bond donors (Lipinski definition) is 0. The van der Waals surface area contributed by atoms with Crippen LogP contribution < -0.4 is 4.90 Å². The van der Waals surface area contributed by atoms with Crippen LogP contribution in [-0.4, -0.2) is 48.7 Å². The third-order valence-electron chi connectivity index (χ3n) is 4.10. The van der Waals surface area contributed by atoms with E-state index in [0.29, 0.717) is 22.8 Å². The maximum atomic E-state index is 14.0. The maximum Gasteiger partial charge on any atom is 0.239 e. The Kier molecular flexibility index (Phi) is 7.15. The molecule has 0 aliphatic carbocycles. The lowest BCUT2D eigenvalue weighted by molar-refractivity contribution is -0.116. The molecule has 0 radical (unpaired) electrons. The van der Waals surface area contributed by atoms with Crippen molar-refractivity contribution in [2.45, 2.75) is 11.3 Å². The molecule has 0 saturated carbocycles. The van der Waals surface area contributed by atoms with E-state index in [2.05, 4.69) is 4.98 Å². The van der Waals surface area contributed by atoms with Gasteiger partial charge in [0.15, 0.2) is 10.9 Å². The van der Waals surface area contributed by atoms with Gasteiger partial charge in [0.25, 0.3) is 0 Å². The van der Waals surface area contributed by atoms with Gasteiger partial charge in [-0.05, 0) is 57.4 Å². The van der Waals surface area contributed by atoms with Crippen LogP contribution in [0.25, 0.3) is 10.2 Å². The third-order valence-corrected chi connectivity index (χ3v) is 6.12. The van der Waals surface area contributed by atoms with E-state index in [4.69, 9.17) is 0 Å². The van der Waals surface area contributed by atoms with E-state index in [1.807, 2.05) is 19.0 Å². The highest BCUT2D eigenvalue weighted by Crippen LogP contribution is 2.32. The van der Waals surface area contributed by atoms with E-state index in [-0.39, 0.29) is 23.0 Å². The molecular weight excluding hydrogens is 419 g/mol. The van der Waals surface area contributed by atoms with E-state index in [9.17, 15) is 18.0 Å². The first kappa shape index (κ1) is 21.6. The number of fused-ring (bicyclic) bond motifs is 1. The summed E-state index contributed by atoms with van der Waals surface area (Å²) in [5.41, 5.74) is 0.0583. The summed E-state index contributed by atoms with van der Waals surface area (Å²) in [4.78, 5) is 21.4. The highest BCUT2D eigenvalue weighted by Gasteiger charge is 2.21. The van der Waals surface area contributed by atoms with E-state index >= 15 is 0 Å². The predicted molar refractivity (Wildman–Crippen MR) is 112 cm³/mol. The first-order chi connectivity index (χ1) is 13.8. The summed E-state index contributed by atoms with van der Waals surface area (Å²) in [7, 11) is 3.87. The average molecular weight is 440 g/mol. The molecule has 1 amide bonds. The van der Waals surface area contributed by atoms with Gasteiger partial charge in [-0.1, -0.05) is 11.3 Å². The topological polar surface area (TPSA) is 36.4 Å². The van der Waals surface area contributed by atoms with Crippen molar-refractivity contribution in [3.05, 3.63) is 53.8 Å². The quantitative estimate of drug-likeness (QED) is 0.473. The fourth-order valence-electron chi connectivity index (χ4n) is 2.69. The van der Waals surface area contributed by atoms with Gasteiger partial charge in [0.05, 0.1) is 10.5 Å². The number of carbonyl (C=O) groups is 1. The van der Waals surface area contributed by atoms with Crippen molar-refractivity contribution >= 4 is 44.4 Å². The molecule has 0 aliphatic rings. The first-order valence-electron chi connectivity index (χ1n) is 8.92. The van der Waals surface area contributed by atoms with Gasteiger partial charge in [0.2, 0.25) is 5.91 Å². The van der Waals surface area contributed by atoms with E-state index in [1.54, 1.807) is 12.1 Å². The van der Waals surface area contributed by atoms with Gasteiger partial charge < -0.3 is 4.90 Å². The Morgan fingerprint density at radius 2 is 1.79 bits per heavy atom. The molecule has 4 nitrogen and oxygen atoms in total. The second-order valence-corrected chi connectivity index (χ2v) is 8.73. The molecule has 0 spiro atoms. The van der Waals surface area contributed by atoms with E-state index in [1.165, 1.54) is 34.9 Å². The second kappa shape index (κ2) is 9.60. The molecule has 3 rings (SSSR count). The zero-order valence-electron chi connectivity index (χ0n) is 16.0. The largest absolute Gasteiger partial charge is 0.309 e. The Morgan fingerprint density at radius 1 is 1.07 bits per heavy atom. The Morgan fingerprint density at radius 3 is 2.48 bits per heavy atom. The molecule has 0 aliphatic heterocycles. The van der Waals surface area contributed by atoms with Crippen molar-refractivity contribution in [3.63, 3.8) is 0 Å². The zero-order valence-corrected chi connectivity index (χ0v) is 17.6. The van der Waals surface area contributed by atoms with Crippen LogP contribution in [0.2, 0.25) is 0 Å². The second-order valence-electron chi connectivity index (χ2n) is 6.68. The Balaban J connectivity index is 1.80. The number of amides is 1. The summed E-state index contributed by atoms with van der Waals surface area (Å²) in [6, 6.07) is 7.90. The minimum atomic E-state index is -0.746. The number of anilines is 1. The lowest BCUT2D eigenvalue weighted by Gasteiger charge is -2.21. The van der Waals surface area contributed by atoms with Crippen LogP contribution in [0.4, 0.5) is 18.3 Å². The molecule has 3 aromatic rings. The maximum absolute atomic E-state index is 14.0. The van der Waals surface area contributed by atoms with E-state index in [0.717, 1.165) is 28.8 Å². The number of halogens is 3. The number of thiazole rings is 1. The van der Waals surface area contributed by atoms with Crippen LogP contribution in [0.3, 0.4) is 0 Å². The SMILES string of the molecule is CN(C)CCCN(C(=O)CSc1ccc(F)cc1)c1nc2c(F)cc(F)cc2s1. The Bertz CT molecular complexity index is 993. The first-order valence-corrected chi connectivity index (χ1v) is 10.7. The summed E-state index contributed by atoms with van der Waals surface area (Å²) in [6.45, 7) is 1.17. The molecule has 1 aromatic heterocycles. The summed E-state index contributed by atoms with van der Waals surface area (Å²) in [6.07, 6.45) is 0.701. The molecule has 0 N–H and O–H groups in total. The molecule has 0 unspecified atom stereocenters. The standard InChI is InChI=1S/C20H20F3N3OS2/c1-25(2)8-3-9-26(18(27)12-28-15-6-4-13(21)5-7-15)20-24-19-16(23)10-14(22)11-17(19)29-20/h4-7,10-11H,3,8-9,12H2,1-2H3. The van der Waals surface area contributed by atoms with Crippen molar-refractivity contribution in [3.8, 4) is 0 Å². The summed E-state index contributed by atoms with van der Waals surface area (Å²) in [5, 5.41) is 0.341. The number of rotatable bonds is 8. The minimum Gasteiger partial charge on any atom is -0.309 e. The van der Waals surface area contributed by atoms with Crippen molar-refractivity contribution in [2.24, 2.45) is 0 Å². The lowest BCUT2D eigenvalue weighted by atomic mass is 10.3. The van der Waals surface area contributed by atoms with Crippen LogP contribution >= 0.6 is 23.1 Å². The number of carbonyl (C=O) groups excluding carboxylic acids is 1.